The van der Waals surface area contributed by atoms with E-state index in [4.69, 9.17) is 4.42 Å². The standard InChI is InChI=1S/C16H20N2O4S/c1-2-3-11-23(20,21)17-12-13-6-8-14(9-7-13)18-16(19)15-5-4-10-22-15/h4-10,17H,2-3,11-12H2,1H3,(H,18,19). The maximum atomic E-state index is 11.8. The Hall–Kier alpha value is -2.12. The average molecular weight is 336 g/mol. The van der Waals surface area contributed by atoms with Gasteiger partial charge in [0.15, 0.2) is 5.76 Å². The summed E-state index contributed by atoms with van der Waals surface area (Å²) in [7, 11) is -3.23. The smallest absolute Gasteiger partial charge is 0.291 e. The quantitative estimate of drug-likeness (QED) is 0.776. The van der Waals surface area contributed by atoms with Gasteiger partial charge in [-0.3, -0.25) is 4.79 Å². The van der Waals surface area contributed by atoms with Crippen molar-refractivity contribution in [3.8, 4) is 0 Å². The maximum Gasteiger partial charge on any atom is 0.291 e. The third-order valence-corrected chi connectivity index (χ3v) is 4.63. The average Bonchev–Trinajstić information content (AvgIpc) is 3.07. The van der Waals surface area contributed by atoms with Crippen molar-refractivity contribution in [1.82, 2.24) is 4.72 Å². The van der Waals surface area contributed by atoms with Crippen molar-refractivity contribution in [3.63, 3.8) is 0 Å². The van der Waals surface area contributed by atoms with E-state index in [0.717, 1.165) is 12.0 Å². The Morgan fingerprint density at radius 3 is 2.52 bits per heavy atom. The molecule has 2 rings (SSSR count). The summed E-state index contributed by atoms with van der Waals surface area (Å²) >= 11 is 0. The van der Waals surface area contributed by atoms with Gasteiger partial charge in [-0.25, -0.2) is 13.1 Å². The lowest BCUT2D eigenvalue weighted by atomic mass is 10.2. The van der Waals surface area contributed by atoms with Gasteiger partial charge in [-0.2, -0.15) is 0 Å². The van der Waals surface area contributed by atoms with Crippen molar-refractivity contribution in [3.05, 3.63) is 54.0 Å². The van der Waals surface area contributed by atoms with Gasteiger partial charge in [-0.1, -0.05) is 25.5 Å². The van der Waals surface area contributed by atoms with Gasteiger partial charge in [-0.05, 0) is 36.2 Å². The van der Waals surface area contributed by atoms with Gasteiger partial charge in [0.2, 0.25) is 10.0 Å². The first kappa shape index (κ1) is 17.2. The molecule has 0 spiro atoms. The van der Waals surface area contributed by atoms with Crippen molar-refractivity contribution < 1.29 is 17.6 Å². The van der Waals surface area contributed by atoms with E-state index in [9.17, 15) is 13.2 Å². The molecule has 0 saturated heterocycles. The van der Waals surface area contributed by atoms with Crippen molar-refractivity contribution in [2.45, 2.75) is 26.3 Å². The summed E-state index contributed by atoms with van der Waals surface area (Å²) in [4.78, 5) is 11.8. The van der Waals surface area contributed by atoms with Crippen molar-refractivity contribution in [2.75, 3.05) is 11.1 Å². The number of carbonyl (C=O) groups excluding carboxylic acids is 1. The number of furan rings is 1. The van der Waals surface area contributed by atoms with Crippen LogP contribution in [0.2, 0.25) is 0 Å². The largest absolute Gasteiger partial charge is 0.459 e. The Morgan fingerprint density at radius 1 is 1.17 bits per heavy atom. The van der Waals surface area contributed by atoms with Crippen LogP contribution in [0.5, 0.6) is 0 Å². The molecule has 2 aromatic rings. The Labute approximate surface area is 135 Å². The highest BCUT2D eigenvalue weighted by Crippen LogP contribution is 2.12. The summed E-state index contributed by atoms with van der Waals surface area (Å²) in [5.74, 6) is 0.0432. The molecule has 0 saturated carbocycles. The molecule has 6 nitrogen and oxygen atoms in total. The minimum absolute atomic E-state index is 0.140. The van der Waals surface area contributed by atoms with Crippen molar-refractivity contribution in [1.29, 1.82) is 0 Å². The number of hydrogen-bond acceptors (Lipinski definition) is 4. The molecule has 1 aromatic carbocycles. The van der Waals surface area contributed by atoms with Gasteiger partial charge in [0.25, 0.3) is 5.91 Å². The fourth-order valence-corrected chi connectivity index (χ4v) is 3.11. The molecule has 0 radical (unpaired) electrons. The third kappa shape index (κ3) is 5.54. The molecule has 0 bridgehead atoms. The normalized spacial score (nSPS) is 11.3. The Kier molecular flexibility index (Phi) is 5.95. The highest BCUT2D eigenvalue weighted by atomic mass is 32.2. The lowest BCUT2D eigenvalue weighted by Crippen LogP contribution is -2.25. The first-order valence-electron chi connectivity index (χ1n) is 7.41. The minimum atomic E-state index is -3.23. The van der Waals surface area contributed by atoms with Crippen LogP contribution in [-0.4, -0.2) is 20.1 Å². The fraction of sp³-hybridized carbons (Fsp3) is 0.312. The Bertz CT molecular complexity index is 722. The summed E-state index contributed by atoms with van der Waals surface area (Å²) < 4.78 is 31.0. The van der Waals surface area contributed by atoms with E-state index in [1.54, 1.807) is 36.4 Å². The van der Waals surface area contributed by atoms with Gasteiger partial charge >= 0.3 is 0 Å². The predicted molar refractivity (Wildman–Crippen MR) is 88.6 cm³/mol. The molecule has 0 aliphatic rings. The molecular formula is C16H20N2O4S. The van der Waals surface area contributed by atoms with E-state index in [2.05, 4.69) is 10.0 Å². The summed E-state index contributed by atoms with van der Waals surface area (Å²) in [5, 5.41) is 2.70. The highest BCUT2D eigenvalue weighted by molar-refractivity contribution is 7.89. The van der Waals surface area contributed by atoms with Gasteiger partial charge in [0.05, 0.1) is 12.0 Å². The molecule has 0 aliphatic heterocycles. The molecule has 124 valence electrons. The van der Waals surface area contributed by atoms with Crippen molar-refractivity contribution >= 4 is 21.6 Å². The number of carbonyl (C=O) groups is 1. The predicted octanol–water partition coefficient (Wildman–Crippen LogP) is 2.75. The van der Waals surface area contributed by atoms with Crippen LogP contribution in [-0.2, 0) is 16.6 Å². The topological polar surface area (TPSA) is 88.4 Å². The summed E-state index contributed by atoms with van der Waals surface area (Å²) in [6, 6.07) is 10.2. The molecule has 23 heavy (non-hydrogen) atoms. The molecule has 0 aliphatic carbocycles. The lowest BCUT2D eigenvalue weighted by molar-refractivity contribution is 0.0996. The number of sulfonamides is 1. The maximum absolute atomic E-state index is 11.8. The van der Waals surface area contributed by atoms with E-state index in [0.29, 0.717) is 12.1 Å². The fourth-order valence-electron chi connectivity index (χ4n) is 1.91. The van der Waals surface area contributed by atoms with Gasteiger partial charge in [0.1, 0.15) is 0 Å². The molecule has 0 fully saturated rings. The third-order valence-electron chi connectivity index (χ3n) is 3.22. The molecule has 0 atom stereocenters. The van der Waals surface area contributed by atoms with Gasteiger partial charge in [-0.15, -0.1) is 0 Å². The molecule has 1 aromatic heterocycles. The van der Waals surface area contributed by atoms with Crippen LogP contribution in [0.15, 0.2) is 47.1 Å². The van der Waals surface area contributed by atoms with Crippen molar-refractivity contribution in [2.24, 2.45) is 0 Å². The van der Waals surface area contributed by atoms with Gasteiger partial charge < -0.3 is 9.73 Å². The first-order chi connectivity index (χ1) is 11.0. The molecule has 2 N–H and O–H groups in total. The Morgan fingerprint density at radius 2 is 1.91 bits per heavy atom. The van der Waals surface area contributed by atoms with E-state index in [1.165, 1.54) is 6.26 Å². The number of rotatable bonds is 8. The van der Waals surface area contributed by atoms with Crippen LogP contribution >= 0.6 is 0 Å². The molecule has 1 amide bonds. The van der Waals surface area contributed by atoms with E-state index in [1.807, 2.05) is 6.92 Å². The number of benzene rings is 1. The minimum Gasteiger partial charge on any atom is -0.459 e. The van der Waals surface area contributed by atoms with E-state index in [-0.39, 0.29) is 24.0 Å². The summed E-state index contributed by atoms with van der Waals surface area (Å²) in [5.41, 5.74) is 1.44. The monoisotopic (exact) mass is 336 g/mol. The SMILES string of the molecule is CCCCS(=O)(=O)NCc1ccc(NC(=O)c2ccco2)cc1. The van der Waals surface area contributed by atoms with Crippen LogP contribution in [0.1, 0.15) is 35.9 Å². The number of unbranched alkanes of at least 4 members (excludes halogenated alkanes) is 1. The van der Waals surface area contributed by atoms with Crippen LogP contribution in [0.25, 0.3) is 0 Å². The van der Waals surface area contributed by atoms with Crippen LogP contribution in [0.3, 0.4) is 0 Å². The van der Waals surface area contributed by atoms with Crippen LogP contribution < -0.4 is 10.0 Å². The molecule has 1 heterocycles. The van der Waals surface area contributed by atoms with Crippen LogP contribution in [0, 0.1) is 0 Å². The molecular weight excluding hydrogens is 316 g/mol. The number of amides is 1. The van der Waals surface area contributed by atoms with E-state index < -0.39 is 10.0 Å². The Balaban J connectivity index is 1.88. The second-order valence-corrected chi connectivity index (χ2v) is 7.05. The zero-order valence-corrected chi connectivity index (χ0v) is 13.7. The lowest BCUT2D eigenvalue weighted by Gasteiger charge is -2.07. The zero-order chi connectivity index (χ0) is 16.7. The highest BCUT2D eigenvalue weighted by Gasteiger charge is 2.10. The molecule has 0 unspecified atom stereocenters. The number of hydrogen-bond donors (Lipinski definition) is 2. The summed E-state index contributed by atoms with van der Waals surface area (Å²) in [6.45, 7) is 2.18. The van der Waals surface area contributed by atoms with Crippen LogP contribution in [0.4, 0.5) is 5.69 Å². The number of anilines is 1. The number of nitrogens with one attached hydrogen (secondary N) is 2. The zero-order valence-electron chi connectivity index (χ0n) is 12.9. The van der Waals surface area contributed by atoms with E-state index >= 15 is 0 Å². The molecule has 7 heteroatoms. The summed E-state index contributed by atoms with van der Waals surface area (Å²) in [6.07, 6.45) is 2.92. The first-order valence-corrected chi connectivity index (χ1v) is 9.06. The second kappa shape index (κ2) is 7.94. The second-order valence-electron chi connectivity index (χ2n) is 5.12. The van der Waals surface area contributed by atoms with Gasteiger partial charge in [0, 0.05) is 12.2 Å².